The van der Waals surface area contributed by atoms with Crippen molar-refractivity contribution < 1.29 is 4.79 Å². The number of halogens is 1. The fourth-order valence-corrected chi connectivity index (χ4v) is 3.33. The van der Waals surface area contributed by atoms with Crippen molar-refractivity contribution in [2.75, 3.05) is 32.7 Å². The number of guanidine groups is 1. The number of piperazine rings is 1. The molecule has 1 aliphatic rings. The fraction of sp³-hybridized carbons (Fsp3) is 0.364. The average Bonchev–Trinajstić information content (AvgIpc) is 2.73. The van der Waals surface area contributed by atoms with Gasteiger partial charge in [-0.05, 0) is 30.2 Å². The van der Waals surface area contributed by atoms with E-state index in [2.05, 4.69) is 52.4 Å². The van der Waals surface area contributed by atoms with Crippen LogP contribution in [0.25, 0.3) is 0 Å². The van der Waals surface area contributed by atoms with E-state index in [1.165, 1.54) is 5.56 Å². The highest BCUT2D eigenvalue weighted by Gasteiger charge is 2.19. The van der Waals surface area contributed by atoms with Gasteiger partial charge in [-0.25, -0.2) is 4.99 Å². The first-order valence-corrected chi connectivity index (χ1v) is 9.84. The molecule has 29 heavy (non-hydrogen) atoms. The Morgan fingerprint density at radius 1 is 1.00 bits per heavy atom. The van der Waals surface area contributed by atoms with E-state index in [0.717, 1.165) is 50.8 Å². The van der Waals surface area contributed by atoms with Gasteiger partial charge in [-0.15, -0.1) is 24.0 Å². The standard InChI is InChI=1S/C22H29N5O.HI/c1-2-24-22(25-16-18-8-10-20(11-9-18)21(23)28)27-14-12-26(13-15-27)17-19-6-4-3-5-7-19;/h3-11H,2,12-17H2,1H3,(H2,23,28)(H,24,25);1H. The van der Waals surface area contributed by atoms with Gasteiger partial charge in [0, 0.05) is 44.8 Å². The molecule has 0 bridgehead atoms. The van der Waals surface area contributed by atoms with Crippen molar-refractivity contribution in [3.63, 3.8) is 0 Å². The smallest absolute Gasteiger partial charge is 0.248 e. The summed E-state index contributed by atoms with van der Waals surface area (Å²) in [5, 5.41) is 3.40. The molecule has 0 saturated carbocycles. The van der Waals surface area contributed by atoms with Gasteiger partial charge in [0.25, 0.3) is 0 Å². The Bertz CT molecular complexity index is 787. The second kappa shape index (κ2) is 11.8. The highest BCUT2D eigenvalue weighted by atomic mass is 127. The topological polar surface area (TPSA) is 74.0 Å². The first-order valence-electron chi connectivity index (χ1n) is 9.84. The Balaban J connectivity index is 0.00000300. The van der Waals surface area contributed by atoms with Crippen molar-refractivity contribution in [2.24, 2.45) is 10.7 Å². The number of nitrogens with two attached hydrogens (primary N) is 1. The molecule has 0 spiro atoms. The predicted molar refractivity (Wildman–Crippen MR) is 128 cm³/mol. The second-order valence-electron chi connectivity index (χ2n) is 6.98. The largest absolute Gasteiger partial charge is 0.366 e. The molecule has 7 heteroatoms. The summed E-state index contributed by atoms with van der Waals surface area (Å²) in [7, 11) is 0. The zero-order valence-electron chi connectivity index (χ0n) is 16.9. The minimum Gasteiger partial charge on any atom is -0.366 e. The third-order valence-electron chi connectivity index (χ3n) is 4.91. The van der Waals surface area contributed by atoms with Crippen LogP contribution in [0.15, 0.2) is 59.6 Å². The van der Waals surface area contributed by atoms with Crippen LogP contribution in [-0.2, 0) is 13.1 Å². The van der Waals surface area contributed by atoms with Crippen molar-refractivity contribution in [3.05, 3.63) is 71.3 Å². The molecule has 3 N–H and O–H groups in total. The third kappa shape index (κ3) is 7.01. The molecular weight excluding hydrogens is 477 g/mol. The summed E-state index contributed by atoms with van der Waals surface area (Å²) in [6, 6.07) is 17.9. The number of benzene rings is 2. The predicted octanol–water partition coefficient (Wildman–Crippen LogP) is 2.69. The van der Waals surface area contributed by atoms with Crippen LogP contribution < -0.4 is 11.1 Å². The SMILES string of the molecule is CCNC(=NCc1ccc(C(N)=O)cc1)N1CCN(Cc2ccccc2)CC1.I. The van der Waals surface area contributed by atoms with Crippen LogP contribution in [0.2, 0.25) is 0 Å². The molecule has 2 aromatic carbocycles. The molecule has 1 fully saturated rings. The van der Waals surface area contributed by atoms with Gasteiger partial charge in [0.1, 0.15) is 0 Å². The molecule has 0 atom stereocenters. The molecule has 0 radical (unpaired) electrons. The number of rotatable bonds is 6. The molecule has 1 heterocycles. The van der Waals surface area contributed by atoms with Gasteiger partial charge in [0.15, 0.2) is 5.96 Å². The van der Waals surface area contributed by atoms with Crippen molar-refractivity contribution in [1.82, 2.24) is 15.1 Å². The minimum absolute atomic E-state index is 0. The van der Waals surface area contributed by atoms with E-state index in [9.17, 15) is 4.79 Å². The third-order valence-corrected chi connectivity index (χ3v) is 4.91. The lowest BCUT2D eigenvalue weighted by atomic mass is 10.1. The van der Waals surface area contributed by atoms with E-state index in [4.69, 9.17) is 10.7 Å². The highest BCUT2D eigenvalue weighted by molar-refractivity contribution is 14.0. The number of nitrogens with zero attached hydrogens (tertiary/aromatic N) is 3. The van der Waals surface area contributed by atoms with Gasteiger partial charge in [0.05, 0.1) is 6.54 Å². The number of hydrogen-bond donors (Lipinski definition) is 2. The number of carbonyl (C=O) groups excluding carboxylic acids is 1. The van der Waals surface area contributed by atoms with Crippen LogP contribution >= 0.6 is 24.0 Å². The maximum Gasteiger partial charge on any atom is 0.248 e. The molecule has 1 amide bonds. The maximum absolute atomic E-state index is 11.2. The van der Waals surface area contributed by atoms with Crippen molar-refractivity contribution in [1.29, 1.82) is 0 Å². The summed E-state index contributed by atoms with van der Waals surface area (Å²) >= 11 is 0. The highest BCUT2D eigenvalue weighted by Crippen LogP contribution is 2.10. The number of carbonyl (C=O) groups is 1. The summed E-state index contributed by atoms with van der Waals surface area (Å²) in [4.78, 5) is 20.8. The van der Waals surface area contributed by atoms with Crippen LogP contribution in [0.1, 0.15) is 28.4 Å². The zero-order valence-corrected chi connectivity index (χ0v) is 19.2. The van der Waals surface area contributed by atoms with E-state index in [1.54, 1.807) is 12.1 Å². The van der Waals surface area contributed by atoms with Gasteiger partial charge in [-0.1, -0.05) is 42.5 Å². The molecule has 1 aliphatic heterocycles. The van der Waals surface area contributed by atoms with Crippen LogP contribution in [-0.4, -0.2) is 54.4 Å². The van der Waals surface area contributed by atoms with Gasteiger partial charge in [-0.3, -0.25) is 9.69 Å². The van der Waals surface area contributed by atoms with Crippen LogP contribution in [0.5, 0.6) is 0 Å². The number of hydrogen-bond acceptors (Lipinski definition) is 3. The molecule has 3 rings (SSSR count). The van der Waals surface area contributed by atoms with Crippen LogP contribution in [0.3, 0.4) is 0 Å². The molecule has 156 valence electrons. The second-order valence-corrected chi connectivity index (χ2v) is 6.98. The van der Waals surface area contributed by atoms with E-state index in [-0.39, 0.29) is 24.0 Å². The molecule has 0 aliphatic carbocycles. The van der Waals surface area contributed by atoms with Crippen molar-refractivity contribution in [2.45, 2.75) is 20.0 Å². The summed E-state index contributed by atoms with van der Waals surface area (Å²) in [6.07, 6.45) is 0. The lowest BCUT2D eigenvalue weighted by Crippen LogP contribution is -2.52. The quantitative estimate of drug-likeness (QED) is 0.359. The lowest BCUT2D eigenvalue weighted by molar-refractivity contribution is 0.100. The summed E-state index contributed by atoms with van der Waals surface area (Å²) in [5.41, 5.74) is 8.23. The molecule has 6 nitrogen and oxygen atoms in total. The van der Waals surface area contributed by atoms with Crippen LogP contribution in [0.4, 0.5) is 0 Å². The minimum atomic E-state index is -0.406. The normalized spacial score (nSPS) is 14.9. The Morgan fingerprint density at radius 3 is 2.24 bits per heavy atom. The molecule has 0 unspecified atom stereocenters. The van der Waals surface area contributed by atoms with Gasteiger partial charge in [-0.2, -0.15) is 0 Å². The van der Waals surface area contributed by atoms with Gasteiger partial charge >= 0.3 is 0 Å². The van der Waals surface area contributed by atoms with E-state index < -0.39 is 5.91 Å². The number of primary amides is 1. The summed E-state index contributed by atoms with van der Waals surface area (Å²) < 4.78 is 0. The molecule has 1 saturated heterocycles. The van der Waals surface area contributed by atoms with E-state index >= 15 is 0 Å². The monoisotopic (exact) mass is 507 g/mol. The molecule has 0 aromatic heterocycles. The van der Waals surface area contributed by atoms with Gasteiger partial charge < -0.3 is 16.0 Å². The van der Waals surface area contributed by atoms with Crippen molar-refractivity contribution in [3.8, 4) is 0 Å². The summed E-state index contributed by atoms with van der Waals surface area (Å²) in [6.45, 7) is 8.45. The van der Waals surface area contributed by atoms with E-state index in [1.807, 2.05) is 12.1 Å². The van der Waals surface area contributed by atoms with Crippen LogP contribution in [0, 0.1) is 0 Å². The zero-order chi connectivity index (χ0) is 19.8. The number of aliphatic imine (C=N–C) groups is 1. The Morgan fingerprint density at radius 2 is 1.66 bits per heavy atom. The van der Waals surface area contributed by atoms with Crippen molar-refractivity contribution >= 4 is 35.8 Å². The first kappa shape index (κ1) is 23.2. The van der Waals surface area contributed by atoms with Gasteiger partial charge in [0.2, 0.25) is 5.91 Å². The lowest BCUT2D eigenvalue weighted by Gasteiger charge is -2.36. The molecule has 2 aromatic rings. The van der Waals surface area contributed by atoms with E-state index in [0.29, 0.717) is 12.1 Å². The first-order chi connectivity index (χ1) is 13.7. The Kier molecular flexibility index (Phi) is 9.40. The maximum atomic E-state index is 11.2. The number of amides is 1. The Labute approximate surface area is 190 Å². The Hall–Kier alpha value is -2.13. The number of nitrogens with one attached hydrogen (secondary N) is 1. The fourth-order valence-electron chi connectivity index (χ4n) is 3.33. The average molecular weight is 507 g/mol. The molecular formula is C22H30IN5O. The summed E-state index contributed by atoms with van der Waals surface area (Å²) in [5.74, 6) is 0.539.